The number of benzene rings is 2. The predicted octanol–water partition coefficient (Wildman–Crippen LogP) is 4.08. The van der Waals surface area contributed by atoms with Gasteiger partial charge in [0, 0.05) is 34.3 Å². The Balaban J connectivity index is 1.59. The number of ether oxygens (including phenoxy) is 1. The third kappa shape index (κ3) is 4.49. The van der Waals surface area contributed by atoms with Crippen LogP contribution in [0.3, 0.4) is 0 Å². The molecule has 7 heteroatoms. The normalized spacial score (nSPS) is 16.5. The van der Waals surface area contributed by atoms with E-state index in [4.69, 9.17) is 27.9 Å². The molecule has 1 heterocycles. The summed E-state index contributed by atoms with van der Waals surface area (Å²) in [6.45, 7) is 1.70. The van der Waals surface area contributed by atoms with Gasteiger partial charge in [0.2, 0.25) is 5.91 Å². The molecule has 0 radical (unpaired) electrons. The molecule has 1 atom stereocenters. The molecular weight excluding hydrogens is 389 g/mol. The maximum Gasteiger partial charge on any atom is 0.311 e. The van der Waals surface area contributed by atoms with E-state index in [1.165, 1.54) is 4.90 Å². The van der Waals surface area contributed by atoms with E-state index < -0.39 is 11.9 Å². The van der Waals surface area contributed by atoms with E-state index in [2.05, 4.69) is 0 Å². The van der Waals surface area contributed by atoms with Gasteiger partial charge in [-0.05, 0) is 48.9 Å². The molecule has 2 aromatic carbocycles. The molecule has 0 N–H and O–H groups in total. The number of halogens is 2. The minimum atomic E-state index is -0.615. The summed E-state index contributed by atoms with van der Waals surface area (Å²) in [7, 11) is 0. The highest BCUT2D eigenvalue weighted by atomic mass is 35.5. The van der Waals surface area contributed by atoms with E-state index in [0.29, 0.717) is 21.3 Å². The van der Waals surface area contributed by atoms with Crippen LogP contribution in [0.15, 0.2) is 42.5 Å². The highest BCUT2D eigenvalue weighted by molar-refractivity contribution is 6.31. The van der Waals surface area contributed by atoms with Crippen LogP contribution in [0.25, 0.3) is 0 Å². The van der Waals surface area contributed by atoms with Crippen LogP contribution in [0.2, 0.25) is 10.0 Å². The van der Waals surface area contributed by atoms with Crippen molar-refractivity contribution in [1.82, 2.24) is 0 Å². The SMILES string of the molecule is Cc1ccc(N2CC(C(=O)OCC(=O)c3ccc(Cl)cc3)CC2=O)cc1Cl. The number of carbonyl (C=O) groups is 3. The van der Waals surface area contributed by atoms with E-state index in [1.807, 2.05) is 13.0 Å². The van der Waals surface area contributed by atoms with Crippen molar-refractivity contribution in [3.8, 4) is 0 Å². The van der Waals surface area contributed by atoms with E-state index >= 15 is 0 Å². The number of hydrogen-bond acceptors (Lipinski definition) is 4. The van der Waals surface area contributed by atoms with Gasteiger partial charge in [0.1, 0.15) is 0 Å². The number of rotatable bonds is 5. The Morgan fingerprint density at radius 1 is 1.15 bits per heavy atom. The molecule has 1 fully saturated rings. The summed E-state index contributed by atoms with van der Waals surface area (Å²) in [6, 6.07) is 11.6. The van der Waals surface area contributed by atoms with Crippen molar-refractivity contribution in [2.24, 2.45) is 5.92 Å². The quantitative estimate of drug-likeness (QED) is 0.555. The molecule has 2 aromatic rings. The monoisotopic (exact) mass is 405 g/mol. The summed E-state index contributed by atoms with van der Waals surface area (Å²) in [5.41, 5.74) is 1.96. The largest absolute Gasteiger partial charge is 0.457 e. The van der Waals surface area contributed by atoms with E-state index in [9.17, 15) is 14.4 Å². The van der Waals surface area contributed by atoms with Crippen molar-refractivity contribution < 1.29 is 19.1 Å². The third-order valence-electron chi connectivity index (χ3n) is 4.44. The summed E-state index contributed by atoms with van der Waals surface area (Å²) in [5.74, 6) is -1.69. The van der Waals surface area contributed by atoms with Gasteiger partial charge in [0.05, 0.1) is 5.92 Å². The minimum absolute atomic E-state index is 0.0411. The van der Waals surface area contributed by atoms with Crippen molar-refractivity contribution in [3.05, 3.63) is 63.6 Å². The number of aryl methyl sites for hydroxylation is 1. The molecule has 0 aliphatic carbocycles. The standard InChI is InChI=1S/C20H17Cl2NO4/c1-12-2-7-16(9-17(12)22)23-10-14(8-19(23)25)20(26)27-11-18(24)13-3-5-15(21)6-4-13/h2-7,9,14H,8,10-11H2,1H3. The number of ketones is 1. The molecule has 0 saturated carbocycles. The lowest BCUT2D eigenvalue weighted by Crippen LogP contribution is -2.27. The molecule has 140 valence electrons. The molecule has 1 aliphatic heterocycles. The Bertz CT molecular complexity index is 895. The second kappa shape index (κ2) is 8.11. The van der Waals surface area contributed by atoms with Crippen LogP contribution in [0.5, 0.6) is 0 Å². The zero-order valence-corrected chi connectivity index (χ0v) is 16.1. The number of Topliss-reactive ketones (excluding diaryl/α,β-unsaturated/α-hetero) is 1. The number of esters is 1. The molecule has 1 saturated heterocycles. The topological polar surface area (TPSA) is 63.7 Å². The maximum atomic E-state index is 12.3. The third-order valence-corrected chi connectivity index (χ3v) is 5.10. The molecule has 0 spiro atoms. The smallest absolute Gasteiger partial charge is 0.311 e. The minimum Gasteiger partial charge on any atom is -0.457 e. The van der Waals surface area contributed by atoms with Crippen LogP contribution in [-0.2, 0) is 14.3 Å². The highest BCUT2D eigenvalue weighted by Gasteiger charge is 2.36. The fraction of sp³-hybridized carbons (Fsp3) is 0.250. The lowest BCUT2D eigenvalue weighted by Gasteiger charge is -2.17. The summed E-state index contributed by atoms with van der Waals surface area (Å²) in [5, 5.41) is 1.07. The summed E-state index contributed by atoms with van der Waals surface area (Å²) < 4.78 is 5.12. The lowest BCUT2D eigenvalue weighted by atomic mass is 10.1. The van der Waals surface area contributed by atoms with Gasteiger partial charge in [0.25, 0.3) is 0 Å². The van der Waals surface area contributed by atoms with Crippen molar-refractivity contribution in [2.45, 2.75) is 13.3 Å². The number of nitrogens with zero attached hydrogens (tertiary/aromatic N) is 1. The maximum absolute atomic E-state index is 12.3. The fourth-order valence-corrected chi connectivity index (χ4v) is 3.14. The van der Waals surface area contributed by atoms with Gasteiger partial charge in [-0.1, -0.05) is 29.3 Å². The van der Waals surface area contributed by atoms with Gasteiger partial charge in [-0.15, -0.1) is 0 Å². The van der Waals surface area contributed by atoms with Crippen molar-refractivity contribution >= 4 is 46.5 Å². The first-order valence-corrected chi connectivity index (χ1v) is 9.12. The van der Waals surface area contributed by atoms with E-state index in [-0.39, 0.29) is 31.3 Å². The Hall–Kier alpha value is -2.37. The first-order chi connectivity index (χ1) is 12.8. The second-order valence-corrected chi connectivity index (χ2v) is 7.22. The molecule has 1 aliphatic rings. The van der Waals surface area contributed by atoms with Crippen LogP contribution in [0, 0.1) is 12.8 Å². The molecule has 27 heavy (non-hydrogen) atoms. The molecular formula is C20H17Cl2NO4. The molecule has 1 unspecified atom stereocenters. The number of carbonyl (C=O) groups excluding carboxylic acids is 3. The Labute approximate surface area is 166 Å². The van der Waals surface area contributed by atoms with Gasteiger partial charge in [-0.3, -0.25) is 14.4 Å². The molecule has 5 nitrogen and oxygen atoms in total. The Morgan fingerprint density at radius 2 is 1.85 bits per heavy atom. The van der Waals surface area contributed by atoms with Gasteiger partial charge >= 0.3 is 5.97 Å². The van der Waals surface area contributed by atoms with Crippen LogP contribution < -0.4 is 4.90 Å². The van der Waals surface area contributed by atoms with Gasteiger partial charge < -0.3 is 9.64 Å². The van der Waals surface area contributed by atoms with Gasteiger partial charge in [-0.2, -0.15) is 0 Å². The first kappa shape index (κ1) is 19.4. The summed E-state index contributed by atoms with van der Waals surface area (Å²) >= 11 is 11.9. The van der Waals surface area contributed by atoms with Crippen molar-refractivity contribution in [1.29, 1.82) is 0 Å². The molecule has 0 aromatic heterocycles. The Morgan fingerprint density at radius 3 is 2.52 bits per heavy atom. The average molecular weight is 406 g/mol. The second-order valence-electron chi connectivity index (χ2n) is 6.38. The lowest BCUT2D eigenvalue weighted by molar-refractivity contribution is -0.147. The number of amides is 1. The zero-order chi connectivity index (χ0) is 19.6. The predicted molar refractivity (Wildman–Crippen MR) is 103 cm³/mol. The number of anilines is 1. The summed E-state index contributed by atoms with van der Waals surface area (Å²) in [4.78, 5) is 38.1. The molecule has 1 amide bonds. The van der Waals surface area contributed by atoms with Crippen LogP contribution >= 0.6 is 23.2 Å². The Kier molecular flexibility index (Phi) is 5.82. The molecule has 0 bridgehead atoms. The number of hydrogen-bond donors (Lipinski definition) is 0. The zero-order valence-electron chi connectivity index (χ0n) is 14.6. The van der Waals surface area contributed by atoms with Gasteiger partial charge in [-0.25, -0.2) is 0 Å². The average Bonchev–Trinajstić information content (AvgIpc) is 3.04. The van der Waals surface area contributed by atoms with Crippen LogP contribution in [0.4, 0.5) is 5.69 Å². The van der Waals surface area contributed by atoms with Crippen molar-refractivity contribution in [3.63, 3.8) is 0 Å². The van der Waals surface area contributed by atoms with Crippen LogP contribution in [0.1, 0.15) is 22.3 Å². The molecule has 3 rings (SSSR count). The first-order valence-electron chi connectivity index (χ1n) is 8.37. The van der Waals surface area contributed by atoms with Crippen molar-refractivity contribution in [2.75, 3.05) is 18.1 Å². The van der Waals surface area contributed by atoms with Gasteiger partial charge in [0.15, 0.2) is 12.4 Å². The van der Waals surface area contributed by atoms with Crippen LogP contribution in [-0.4, -0.2) is 30.8 Å². The van der Waals surface area contributed by atoms with E-state index in [0.717, 1.165) is 5.56 Å². The van der Waals surface area contributed by atoms with E-state index in [1.54, 1.807) is 36.4 Å². The highest BCUT2D eigenvalue weighted by Crippen LogP contribution is 2.29. The summed E-state index contributed by atoms with van der Waals surface area (Å²) in [6.07, 6.45) is 0.0411. The fourth-order valence-electron chi connectivity index (χ4n) is 2.84.